The highest BCUT2D eigenvalue weighted by Crippen LogP contribution is 2.16. The first-order valence-corrected chi connectivity index (χ1v) is 6.04. The molecular weight excluding hydrogens is 246 g/mol. The number of rotatable bonds is 3. The zero-order chi connectivity index (χ0) is 14.2. The van der Waals surface area contributed by atoms with E-state index in [1.165, 1.54) is 4.57 Å². The van der Waals surface area contributed by atoms with Crippen LogP contribution in [0, 0.1) is 0 Å². The molecule has 0 aliphatic rings. The first kappa shape index (κ1) is 13.2. The van der Waals surface area contributed by atoms with Gasteiger partial charge in [0.15, 0.2) is 5.58 Å². The summed E-state index contributed by atoms with van der Waals surface area (Å²) in [5, 5.41) is 0. The summed E-state index contributed by atoms with van der Waals surface area (Å²) in [4.78, 5) is 25.4. The molecule has 1 amide bonds. The Morgan fingerprint density at radius 1 is 1.47 bits per heavy atom. The number of oxazole rings is 1. The minimum absolute atomic E-state index is 0.0516. The Morgan fingerprint density at radius 3 is 2.79 bits per heavy atom. The summed E-state index contributed by atoms with van der Waals surface area (Å²) in [6.07, 6.45) is 0. The van der Waals surface area contributed by atoms with Gasteiger partial charge < -0.3 is 15.1 Å². The summed E-state index contributed by atoms with van der Waals surface area (Å²) in [6.45, 7) is 3.77. The van der Waals surface area contributed by atoms with Gasteiger partial charge in [-0.1, -0.05) is 0 Å². The fraction of sp³-hybridized carbons (Fsp3) is 0.385. The van der Waals surface area contributed by atoms with Crippen LogP contribution in [0.3, 0.4) is 0 Å². The number of nitrogens with two attached hydrogens (primary N) is 1. The van der Waals surface area contributed by atoms with E-state index in [-0.39, 0.29) is 18.5 Å². The molecule has 0 aliphatic heterocycles. The van der Waals surface area contributed by atoms with Crippen LogP contribution in [0.5, 0.6) is 0 Å². The Labute approximate surface area is 110 Å². The standard InChI is InChI=1S/C13H17N3O3/c1-8(2)15(3)12(17)7-16-10-6-9(14)4-5-11(10)19-13(16)18/h4-6,8H,7,14H2,1-3H3. The maximum absolute atomic E-state index is 12.0. The van der Waals surface area contributed by atoms with Crippen molar-refractivity contribution >= 4 is 22.7 Å². The second-order valence-electron chi connectivity index (χ2n) is 4.78. The first-order chi connectivity index (χ1) is 8.90. The van der Waals surface area contributed by atoms with Crippen molar-refractivity contribution in [2.45, 2.75) is 26.4 Å². The number of anilines is 1. The van der Waals surface area contributed by atoms with Crippen LogP contribution in [0.4, 0.5) is 5.69 Å². The van der Waals surface area contributed by atoms with Gasteiger partial charge >= 0.3 is 5.76 Å². The quantitative estimate of drug-likeness (QED) is 0.839. The molecule has 0 saturated heterocycles. The second-order valence-corrected chi connectivity index (χ2v) is 4.78. The van der Waals surface area contributed by atoms with E-state index in [1.54, 1.807) is 30.1 Å². The Bertz CT molecular complexity index is 669. The van der Waals surface area contributed by atoms with Crippen LogP contribution in [-0.4, -0.2) is 28.5 Å². The molecule has 0 spiro atoms. The molecule has 0 fully saturated rings. The van der Waals surface area contributed by atoms with E-state index in [4.69, 9.17) is 10.2 Å². The highest BCUT2D eigenvalue weighted by molar-refractivity contribution is 5.81. The van der Waals surface area contributed by atoms with Crippen molar-refractivity contribution in [2.24, 2.45) is 0 Å². The van der Waals surface area contributed by atoms with Gasteiger partial charge in [-0.25, -0.2) is 4.79 Å². The number of likely N-dealkylation sites (N-methyl/N-ethyl adjacent to an activating group) is 1. The topological polar surface area (TPSA) is 81.5 Å². The summed E-state index contributed by atoms with van der Waals surface area (Å²) < 4.78 is 6.37. The molecule has 1 heterocycles. The molecule has 6 heteroatoms. The highest BCUT2D eigenvalue weighted by Gasteiger charge is 2.17. The van der Waals surface area contributed by atoms with Gasteiger partial charge in [-0.3, -0.25) is 9.36 Å². The number of aromatic nitrogens is 1. The van der Waals surface area contributed by atoms with Gasteiger partial charge in [0.25, 0.3) is 0 Å². The van der Waals surface area contributed by atoms with Crippen LogP contribution in [0.1, 0.15) is 13.8 Å². The molecular formula is C13H17N3O3. The average molecular weight is 263 g/mol. The minimum atomic E-state index is -0.550. The smallest absolute Gasteiger partial charge is 0.408 e. The molecule has 2 rings (SSSR count). The fourth-order valence-corrected chi connectivity index (χ4v) is 1.76. The highest BCUT2D eigenvalue weighted by atomic mass is 16.4. The average Bonchev–Trinajstić information content (AvgIpc) is 2.65. The van der Waals surface area contributed by atoms with Crippen molar-refractivity contribution < 1.29 is 9.21 Å². The number of nitrogen functional groups attached to an aromatic ring is 1. The van der Waals surface area contributed by atoms with Crippen molar-refractivity contribution in [2.75, 3.05) is 12.8 Å². The van der Waals surface area contributed by atoms with E-state index < -0.39 is 5.76 Å². The van der Waals surface area contributed by atoms with E-state index in [0.717, 1.165) is 0 Å². The summed E-state index contributed by atoms with van der Waals surface area (Å²) in [7, 11) is 1.70. The van der Waals surface area contributed by atoms with Gasteiger partial charge in [0.1, 0.15) is 6.54 Å². The van der Waals surface area contributed by atoms with Crippen molar-refractivity contribution in [1.29, 1.82) is 0 Å². The summed E-state index contributed by atoms with van der Waals surface area (Å²) in [5.41, 5.74) is 7.18. The van der Waals surface area contributed by atoms with Crippen LogP contribution in [0.25, 0.3) is 11.1 Å². The fourth-order valence-electron chi connectivity index (χ4n) is 1.76. The Morgan fingerprint density at radius 2 is 2.16 bits per heavy atom. The van der Waals surface area contributed by atoms with E-state index in [1.807, 2.05) is 13.8 Å². The van der Waals surface area contributed by atoms with Gasteiger partial charge in [-0.05, 0) is 32.0 Å². The zero-order valence-corrected chi connectivity index (χ0v) is 11.2. The molecule has 2 aromatic rings. The van der Waals surface area contributed by atoms with Crippen molar-refractivity contribution in [1.82, 2.24) is 9.47 Å². The number of amides is 1. The summed E-state index contributed by atoms with van der Waals surface area (Å²) in [6, 6.07) is 4.98. The molecule has 6 nitrogen and oxygen atoms in total. The van der Waals surface area contributed by atoms with E-state index in [9.17, 15) is 9.59 Å². The largest absolute Gasteiger partial charge is 0.420 e. The van der Waals surface area contributed by atoms with Gasteiger partial charge in [-0.15, -0.1) is 0 Å². The van der Waals surface area contributed by atoms with Crippen molar-refractivity contribution in [3.05, 3.63) is 28.7 Å². The van der Waals surface area contributed by atoms with E-state index >= 15 is 0 Å². The SMILES string of the molecule is CC(C)N(C)C(=O)Cn1c(=O)oc2ccc(N)cc21. The Hall–Kier alpha value is -2.24. The van der Waals surface area contributed by atoms with Crippen LogP contribution < -0.4 is 11.5 Å². The molecule has 0 atom stereocenters. The number of hydrogen-bond acceptors (Lipinski definition) is 4. The molecule has 0 radical (unpaired) electrons. The molecule has 0 aliphatic carbocycles. The number of nitrogens with zero attached hydrogens (tertiary/aromatic N) is 2. The van der Waals surface area contributed by atoms with Gasteiger partial charge in [0.05, 0.1) is 5.52 Å². The molecule has 1 aromatic heterocycles. The van der Waals surface area contributed by atoms with Crippen LogP contribution in [-0.2, 0) is 11.3 Å². The van der Waals surface area contributed by atoms with Crippen molar-refractivity contribution in [3.8, 4) is 0 Å². The molecule has 0 unspecified atom stereocenters. The lowest BCUT2D eigenvalue weighted by Gasteiger charge is -2.21. The monoisotopic (exact) mass is 263 g/mol. The maximum atomic E-state index is 12.0. The zero-order valence-electron chi connectivity index (χ0n) is 11.2. The molecule has 1 aromatic carbocycles. The second kappa shape index (κ2) is 4.79. The van der Waals surface area contributed by atoms with Gasteiger partial charge in [0, 0.05) is 18.8 Å². The lowest BCUT2D eigenvalue weighted by atomic mass is 10.3. The lowest BCUT2D eigenvalue weighted by molar-refractivity contribution is -0.132. The number of benzene rings is 1. The Balaban J connectivity index is 2.40. The normalized spacial score (nSPS) is 11.2. The third-order valence-electron chi connectivity index (χ3n) is 3.15. The Kier molecular flexibility index (Phi) is 3.33. The van der Waals surface area contributed by atoms with Gasteiger partial charge in [0.2, 0.25) is 5.91 Å². The molecule has 2 N–H and O–H groups in total. The number of carbonyl (C=O) groups is 1. The first-order valence-electron chi connectivity index (χ1n) is 6.04. The summed E-state index contributed by atoms with van der Waals surface area (Å²) in [5.74, 6) is -0.701. The predicted molar refractivity (Wildman–Crippen MR) is 72.8 cm³/mol. The van der Waals surface area contributed by atoms with Crippen molar-refractivity contribution in [3.63, 3.8) is 0 Å². The van der Waals surface area contributed by atoms with E-state index in [0.29, 0.717) is 16.8 Å². The van der Waals surface area contributed by atoms with Crippen LogP contribution >= 0.6 is 0 Å². The molecule has 19 heavy (non-hydrogen) atoms. The molecule has 0 bridgehead atoms. The number of hydrogen-bond donors (Lipinski definition) is 1. The van der Waals surface area contributed by atoms with Gasteiger partial charge in [-0.2, -0.15) is 0 Å². The molecule has 0 saturated carbocycles. The third-order valence-corrected chi connectivity index (χ3v) is 3.15. The number of carbonyl (C=O) groups excluding carboxylic acids is 1. The minimum Gasteiger partial charge on any atom is -0.408 e. The number of fused-ring (bicyclic) bond motifs is 1. The lowest BCUT2D eigenvalue weighted by Crippen LogP contribution is -2.37. The maximum Gasteiger partial charge on any atom is 0.420 e. The van der Waals surface area contributed by atoms with Crippen LogP contribution in [0.15, 0.2) is 27.4 Å². The van der Waals surface area contributed by atoms with E-state index in [2.05, 4.69) is 0 Å². The van der Waals surface area contributed by atoms with Crippen LogP contribution in [0.2, 0.25) is 0 Å². The third kappa shape index (κ3) is 2.47. The predicted octanol–water partition coefficient (Wildman–Crippen LogP) is 1.04. The molecule has 102 valence electrons. The summed E-state index contributed by atoms with van der Waals surface area (Å²) >= 11 is 0.